The van der Waals surface area contributed by atoms with E-state index in [1.165, 1.54) is 11.0 Å². The zero-order valence-corrected chi connectivity index (χ0v) is 24.4. The number of amides is 2. The van der Waals surface area contributed by atoms with Gasteiger partial charge in [-0.1, -0.05) is 42.5 Å². The van der Waals surface area contributed by atoms with Crippen LogP contribution in [0.25, 0.3) is 0 Å². The van der Waals surface area contributed by atoms with Gasteiger partial charge in [0, 0.05) is 38.3 Å². The van der Waals surface area contributed by atoms with E-state index in [1.54, 1.807) is 13.2 Å². The number of methoxy groups -OCH3 is 1. The Bertz CT molecular complexity index is 1360. The van der Waals surface area contributed by atoms with Gasteiger partial charge in [-0.25, -0.2) is 4.39 Å². The van der Waals surface area contributed by atoms with Gasteiger partial charge in [0.15, 0.2) is 5.82 Å². The number of aliphatic hydroxyl groups is 1. The predicted molar refractivity (Wildman–Crippen MR) is 163 cm³/mol. The lowest BCUT2D eigenvalue weighted by Gasteiger charge is -2.26. The molecule has 1 fully saturated rings. The number of carbonyl (C=O) groups excluding carboxylic acids is 2. The van der Waals surface area contributed by atoms with Crippen LogP contribution in [0.5, 0.6) is 5.75 Å². The highest BCUT2D eigenvalue weighted by molar-refractivity contribution is 6.00. The summed E-state index contributed by atoms with van der Waals surface area (Å²) in [7, 11) is 1.61. The number of nitrogens with one attached hydrogen (secondary N) is 3. The first-order valence-electron chi connectivity index (χ1n) is 14.1. The van der Waals surface area contributed by atoms with Gasteiger partial charge in [0.25, 0.3) is 12.4 Å². The first-order chi connectivity index (χ1) is 20.8. The molecule has 2 atom stereocenters. The molecule has 3 aromatic carbocycles. The maximum Gasteiger partial charge on any atom is 0.290 e. The summed E-state index contributed by atoms with van der Waals surface area (Å²) in [5.41, 5.74) is 2.36. The normalized spacial score (nSPS) is 13.9. The van der Waals surface area contributed by atoms with Crippen LogP contribution in [-0.4, -0.2) is 67.4 Å². The molecule has 5 N–H and O–H groups in total. The van der Waals surface area contributed by atoms with Gasteiger partial charge in [-0.15, -0.1) is 0 Å². The van der Waals surface area contributed by atoms with Crippen molar-refractivity contribution < 1.29 is 33.7 Å². The minimum absolute atomic E-state index is 0.0891. The molecule has 0 bridgehead atoms. The Morgan fingerprint density at radius 2 is 1.84 bits per heavy atom. The van der Waals surface area contributed by atoms with E-state index >= 15 is 4.39 Å². The molecule has 0 aromatic heterocycles. The zero-order valence-electron chi connectivity index (χ0n) is 24.4. The largest absolute Gasteiger partial charge is 0.497 e. The molecule has 0 unspecified atom stereocenters. The van der Waals surface area contributed by atoms with Crippen LogP contribution in [0.3, 0.4) is 0 Å². The van der Waals surface area contributed by atoms with Crippen LogP contribution in [0.1, 0.15) is 41.3 Å². The molecule has 2 amide bonds. The van der Waals surface area contributed by atoms with Crippen LogP contribution in [-0.2, 0) is 22.6 Å². The van der Waals surface area contributed by atoms with E-state index in [0.717, 1.165) is 16.9 Å². The number of hydrogen-bond acceptors (Lipinski definition) is 7. The van der Waals surface area contributed by atoms with Crippen molar-refractivity contribution >= 4 is 29.7 Å². The molecular weight excluding hydrogens is 555 g/mol. The topological polar surface area (TPSA) is 140 Å². The zero-order chi connectivity index (χ0) is 31.2. The third-order valence-electron chi connectivity index (χ3n) is 6.94. The summed E-state index contributed by atoms with van der Waals surface area (Å²) < 4.78 is 21.0. The molecule has 230 valence electrons. The van der Waals surface area contributed by atoms with Gasteiger partial charge in [-0.05, 0) is 55.2 Å². The quantitative estimate of drug-likeness (QED) is 0.189. The van der Waals surface area contributed by atoms with Crippen molar-refractivity contribution in [2.45, 2.75) is 44.9 Å². The lowest BCUT2D eigenvalue weighted by atomic mass is 10.00. The maximum atomic E-state index is 15.7. The van der Waals surface area contributed by atoms with Crippen molar-refractivity contribution in [2.24, 2.45) is 0 Å². The van der Waals surface area contributed by atoms with E-state index in [4.69, 9.17) is 14.6 Å². The molecule has 11 heteroatoms. The second-order valence-electron chi connectivity index (χ2n) is 9.96. The highest BCUT2D eigenvalue weighted by Gasteiger charge is 2.29. The number of benzene rings is 3. The molecule has 0 aliphatic carbocycles. The van der Waals surface area contributed by atoms with Crippen molar-refractivity contribution in [3.63, 3.8) is 0 Å². The SMILES string of the molecule is CCNc1cc(C(=O)N[C@@H](Cc2ccccc2)[C@H](O)CNCc2cccc(OC)c2)c(F)c(N2CCCC2=O)c1.O=CO. The van der Waals surface area contributed by atoms with Crippen molar-refractivity contribution in [3.8, 4) is 5.75 Å². The number of carboxylic acid groups (broad SMARTS) is 1. The summed E-state index contributed by atoms with van der Waals surface area (Å²) in [5, 5.41) is 27.3. The van der Waals surface area contributed by atoms with E-state index in [2.05, 4.69) is 16.0 Å². The Morgan fingerprint density at radius 3 is 2.49 bits per heavy atom. The first-order valence-corrected chi connectivity index (χ1v) is 14.1. The minimum Gasteiger partial charge on any atom is -0.497 e. The molecule has 0 radical (unpaired) electrons. The lowest BCUT2D eigenvalue weighted by Crippen LogP contribution is -2.49. The second kappa shape index (κ2) is 16.8. The first kappa shape index (κ1) is 33.0. The van der Waals surface area contributed by atoms with Crippen molar-refractivity contribution in [3.05, 3.63) is 89.2 Å². The number of nitrogens with zero attached hydrogens (tertiary/aromatic N) is 1. The summed E-state index contributed by atoms with van der Waals surface area (Å²) in [4.78, 5) is 35.6. The van der Waals surface area contributed by atoms with Crippen molar-refractivity contribution in [2.75, 3.05) is 37.0 Å². The second-order valence-corrected chi connectivity index (χ2v) is 9.96. The number of anilines is 2. The molecule has 3 aromatic rings. The van der Waals surface area contributed by atoms with Gasteiger partial charge in [0.05, 0.1) is 30.5 Å². The summed E-state index contributed by atoms with van der Waals surface area (Å²) in [6.07, 6.45) is 0.370. The highest BCUT2D eigenvalue weighted by atomic mass is 19.1. The van der Waals surface area contributed by atoms with Gasteiger partial charge in [0.1, 0.15) is 5.75 Å². The summed E-state index contributed by atoms with van der Waals surface area (Å²) in [5.74, 6) is -0.833. The summed E-state index contributed by atoms with van der Waals surface area (Å²) in [6.45, 7) is 3.30. The van der Waals surface area contributed by atoms with Crippen LogP contribution < -0.4 is 25.6 Å². The molecule has 0 spiro atoms. The van der Waals surface area contributed by atoms with E-state index in [0.29, 0.717) is 44.6 Å². The predicted octanol–water partition coefficient (Wildman–Crippen LogP) is 3.59. The average molecular weight is 595 g/mol. The van der Waals surface area contributed by atoms with Crippen LogP contribution in [0.2, 0.25) is 0 Å². The summed E-state index contributed by atoms with van der Waals surface area (Å²) in [6, 6.07) is 19.4. The molecule has 4 rings (SSSR count). The van der Waals surface area contributed by atoms with Crippen molar-refractivity contribution in [1.29, 1.82) is 0 Å². The number of ether oxygens (including phenoxy) is 1. The van der Waals surface area contributed by atoms with Crippen LogP contribution in [0.15, 0.2) is 66.7 Å². The molecule has 1 heterocycles. The highest BCUT2D eigenvalue weighted by Crippen LogP contribution is 2.30. The van der Waals surface area contributed by atoms with E-state index in [9.17, 15) is 14.7 Å². The molecule has 1 saturated heterocycles. The van der Waals surface area contributed by atoms with E-state index in [1.807, 2.05) is 61.5 Å². The monoisotopic (exact) mass is 594 g/mol. The molecular formula is C32H39FN4O6. The van der Waals surface area contributed by atoms with E-state index < -0.39 is 23.9 Å². The Labute approximate surface area is 250 Å². The van der Waals surface area contributed by atoms with Gasteiger partial charge < -0.3 is 35.8 Å². The molecule has 1 aliphatic rings. The standard InChI is InChI=1S/C31H37FN4O4.CH2O2/c1-3-34-23-17-25(30(32)27(18-23)36-14-8-13-29(36)38)31(39)35-26(16-21-9-5-4-6-10-21)28(37)20-33-19-22-11-7-12-24(15-22)40-2;2-1-3/h4-7,9-12,15,17-18,26,28,33-34,37H,3,8,13-14,16,19-20H2,1-2H3,(H,35,39);1H,(H,2,3)/t26-,28+;/m0./s1. The van der Waals surface area contributed by atoms with Gasteiger partial charge in [-0.3, -0.25) is 14.4 Å². The lowest BCUT2D eigenvalue weighted by molar-refractivity contribution is -0.123. The maximum absolute atomic E-state index is 15.7. The fourth-order valence-electron chi connectivity index (χ4n) is 4.87. The Hall–Kier alpha value is -4.48. The molecule has 0 saturated carbocycles. The fourth-order valence-corrected chi connectivity index (χ4v) is 4.87. The van der Waals surface area contributed by atoms with Gasteiger partial charge >= 0.3 is 0 Å². The van der Waals surface area contributed by atoms with Gasteiger partial charge in [0.2, 0.25) is 5.91 Å². The number of halogens is 1. The Morgan fingerprint density at radius 1 is 1.12 bits per heavy atom. The number of hydrogen-bond donors (Lipinski definition) is 5. The van der Waals surface area contributed by atoms with Gasteiger partial charge in [-0.2, -0.15) is 0 Å². The smallest absolute Gasteiger partial charge is 0.290 e. The fraction of sp³-hybridized carbons (Fsp3) is 0.344. The number of aliphatic hydroxyl groups excluding tert-OH is 1. The van der Waals surface area contributed by atoms with Crippen molar-refractivity contribution in [1.82, 2.24) is 10.6 Å². The Balaban J connectivity index is 0.00000162. The molecule has 1 aliphatic heterocycles. The van der Waals surface area contributed by atoms with E-state index in [-0.39, 0.29) is 30.2 Å². The average Bonchev–Trinajstić information content (AvgIpc) is 3.44. The molecule has 43 heavy (non-hydrogen) atoms. The minimum atomic E-state index is -0.964. The molecule has 10 nitrogen and oxygen atoms in total. The van der Waals surface area contributed by atoms with Crippen LogP contribution in [0, 0.1) is 5.82 Å². The number of rotatable bonds is 13. The summed E-state index contributed by atoms with van der Waals surface area (Å²) >= 11 is 0. The number of carbonyl (C=O) groups is 3. The third-order valence-corrected chi connectivity index (χ3v) is 6.94. The van der Waals surface area contributed by atoms with Crippen LogP contribution in [0.4, 0.5) is 15.8 Å². The third kappa shape index (κ3) is 9.52. The van der Waals surface area contributed by atoms with Crippen LogP contribution >= 0.6 is 0 Å². The Kier molecular flexibility index (Phi) is 12.9.